The largest absolute Gasteiger partial charge is 0.450 e. The fourth-order valence-corrected chi connectivity index (χ4v) is 4.18. The van der Waals surface area contributed by atoms with Crippen LogP contribution in [0.4, 0.5) is 11.5 Å². The zero-order valence-corrected chi connectivity index (χ0v) is 17.4. The summed E-state index contributed by atoms with van der Waals surface area (Å²) in [5.41, 5.74) is 3.57. The van der Waals surface area contributed by atoms with Crippen LogP contribution in [0.2, 0.25) is 5.02 Å². The zero-order chi connectivity index (χ0) is 20.7. The molecule has 1 saturated heterocycles. The Morgan fingerprint density at radius 2 is 1.90 bits per heavy atom. The van der Waals surface area contributed by atoms with E-state index in [0.717, 1.165) is 42.5 Å². The minimum atomic E-state index is -0.397. The molecule has 0 unspecified atom stereocenters. The van der Waals surface area contributed by atoms with Crippen LogP contribution in [0.25, 0.3) is 22.1 Å². The summed E-state index contributed by atoms with van der Waals surface area (Å²) in [6.45, 7) is 3.71. The van der Waals surface area contributed by atoms with Crippen LogP contribution < -0.4 is 10.2 Å². The van der Waals surface area contributed by atoms with Crippen LogP contribution in [0.3, 0.4) is 0 Å². The highest BCUT2D eigenvalue weighted by Gasteiger charge is 2.24. The van der Waals surface area contributed by atoms with Crippen molar-refractivity contribution in [2.75, 3.05) is 23.3 Å². The Bertz CT molecular complexity index is 1260. The van der Waals surface area contributed by atoms with Crippen molar-refractivity contribution in [2.45, 2.75) is 26.2 Å². The lowest BCUT2D eigenvalue weighted by atomic mass is 10.1. The summed E-state index contributed by atoms with van der Waals surface area (Å²) in [5.74, 6) is 0.383. The molecule has 7 heteroatoms. The highest BCUT2D eigenvalue weighted by atomic mass is 35.5. The zero-order valence-electron chi connectivity index (χ0n) is 16.6. The normalized spacial score (nSPS) is 14.4. The van der Waals surface area contributed by atoms with Crippen molar-refractivity contribution >= 4 is 51.1 Å². The number of nitrogens with zero attached hydrogens (tertiary/aromatic N) is 3. The van der Waals surface area contributed by atoms with Crippen LogP contribution in [0.5, 0.6) is 0 Å². The topological polar surface area (TPSA) is 71.3 Å². The quantitative estimate of drug-likeness (QED) is 0.468. The van der Waals surface area contributed by atoms with Gasteiger partial charge in [-0.25, -0.2) is 9.97 Å². The van der Waals surface area contributed by atoms with Gasteiger partial charge in [0, 0.05) is 18.5 Å². The summed E-state index contributed by atoms with van der Waals surface area (Å²) in [6, 6.07) is 13.2. The summed E-state index contributed by atoms with van der Waals surface area (Å²) in [5, 5.41) is 4.20. The summed E-state index contributed by atoms with van der Waals surface area (Å²) < 4.78 is 6.10. The smallest absolute Gasteiger partial charge is 0.293 e. The molecule has 0 aliphatic carbocycles. The second-order valence-corrected chi connectivity index (χ2v) is 8.04. The van der Waals surface area contributed by atoms with Gasteiger partial charge in [0.25, 0.3) is 5.91 Å². The number of nitrogens with one attached hydrogen (secondary N) is 1. The number of rotatable bonds is 3. The number of aryl methyl sites for hydroxylation is 1. The van der Waals surface area contributed by atoms with Crippen molar-refractivity contribution in [3.63, 3.8) is 0 Å². The summed E-state index contributed by atoms with van der Waals surface area (Å²) in [4.78, 5) is 24.4. The minimum Gasteiger partial charge on any atom is -0.450 e. The molecule has 3 heterocycles. The molecule has 1 aliphatic heterocycles. The third kappa shape index (κ3) is 3.37. The average molecular weight is 421 g/mol. The van der Waals surface area contributed by atoms with Crippen LogP contribution in [-0.2, 0) is 0 Å². The molecular weight excluding hydrogens is 400 g/mol. The molecule has 5 rings (SSSR count). The molecule has 0 spiro atoms. The summed E-state index contributed by atoms with van der Waals surface area (Å²) in [7, 11) is 0. The van der Waals surface area contributed by atoms with Gasteiger partial charge in [0.1, 0.15) is 11.1 Å². The number of fused-ring (bicyclic) bond motifs is 3. The van der Waals surface area contributed by atoms with Gasteiger partial charge in [-0.1, -0.05) is 29.8 Å². The fourth-order valence-electron chi connectivity index (χ4n) is 3.90. The van der Waals surface area contributed by atoms with Gasteiger partial charge in [0.05, 0.1) is 10.7 Å². The van der Waals surface area contributed by atoms with Gasteiger partial charge in [-0.3, -0.25) is 4.79 Å². The Kier molecular flexibility index (Phi) is 4.79. The highest BCUT2D eigenvalue weighted by molar-refractivity contribution is 6.34. The Labute approximate surface area is 178 Å². The number of aromatic nitrogens is 2. The molecule has 0 radical (unpaired) electrons. The number of furan rings is 1. The molecule has 6 nitrogen and oxygen atoms in total. The molecule has 4 aromatic rings. The monoisotopic (exact) mass is 420 g/mol. The first-order valence-electron chi connectivity index (χ1n) is 10.1. The second-order valence-electron chi connectivity index (χ2n) is 7.63. The van der Waals surface area contributed by atoms with Gasteiger partial charge in [0.15, 0.2) is 11.4 Å². The van der Waals surface area contributed by atoms with Crippen LogP contribution in [0.1, 0.15) is 35.4 Å². The van der Waals surface area contributed by atoms with Gasteiger partial charge < -0.3 is 14.6 Å². The van der Waals surface area contributed by atoms with E-state index in [1.165, 1.54) is 6.42 Å². The Morgan fingerprint density at radius 3 is 2.70 bits per heavy atom. The maximum absolute atomic E-state index is 13.0. The molecule has 30 heavy (non-hydrogen) atoms. The van der Waals surface area contributed by atoms with E-state index < -0.39 is 5.91 Å². The van der Waals surface area contributed by atoms with Gasteiger partial charge in [-0.2, -0.15) is 0 Å². The number of halogens is 1. The molecule has 1 amide bonds. The molecule has 1 aliphatic rings. The number of carbonyl (C=O) groups is 1. The molecule has 0 saturated carbocycles. The maximum atomic E-state index is 13.0. The van der Waals surface area contributed by atoms with Gasteiger partial charge in [-0.05, 0) is 56.0 Å². The fraction of sp³-hybridized carbons (Fsp3) is 0.261. The average Bonchev–Trinajstić information content (AvgIpc) is 3.14. The molecule has 1 fully saturated rings. The van der Waals surface area contributed by atoms with E-state index in [9.17, 15) is 4.79 Å². The van der Waals surface area contributed by atoms with Crippen molar-refractivity contribution in [1.29, 1.82) is 0 Å². The Balaban J connectivity index is 1.62. The number of amides is 1. The van der Waals surface area contributed by atoms with E-state index >= 15 is 0 Å². The molecular formula is C23H21ClN4O2. The van der Waals surface area contributed by atoms with Gasteiger partial charge in [-0.15, -0.1) is 0 Å². The lowest BCUT2D eigenvalue weighted by Crippen LogP contribution is -2.31. The highest BCUT2D eigenvalue weighted by Crippen LogP contribution is 2.34. The SMILES string of the molecule is Cc1ccc(NC(=O)c2nc(N3CCCCC3)c3oc4ccccc4c3n2)c(Cl)c1. The van der Waals surface area contributed by atoms with E-state index in [4.69, 9.17) is 16.0 Å². The van der Waals surface area contributed by atoms with Gasteiger partial charge in [0.2, 0.25) is 5.82 Å². The van der Waals surface area contributed by atoms with E-state index in [2.05, 4.69) is 20.2 Å². The summed E-state index contributed by atoms with van der Waals surface area (Å²) >= 11 is 6.29. The van der Waals surface area contributed by atoms with Crippen LogP contribution in [-0.4, -0.2) is 29.0 Å². The molecule has 2 aromatic carbocycles. The molecule has 2 aromatic heterocycles. The third-order valence-electron chi connectivity index (χ3n) is 5.43. The van der Waals surface area contributed by atoms with Crippen molar-refractivity contribution in [2.24, 2.45) is 0 Å². The van der Waals surface area contributed by atoms with Crippen molar-refractivity contribution in [1.82, 2.24) is 9.97 Å². The summed E-state index contributed by atoms with van der Waals surface area (Å²) in [6.07, 6.45) is 3.38. The lowest BCUT2D eigenvalue weighted by molar-refractivity contribution is 0.101. The number of para-hydroxylation sites is 1. The first-order valence-corrected chi connectivity index (χ1v) is 10.5. The predicted octanol–water partition coefficient (Wildman–Crippen LogP) is 5.58. The predicted molar refractivity (Wildman–Crippen MR) is 120 cm³/mol. The molecule has 0 bridgehead atoms. The third-order valence-corrected chi connectivity index (χ3v) is 5.75. The van der Waals surface area contributed by atoms with Crippen LogP contribution in [0, 0.1) is 6.92 Å². The minimum absolute atomic E-state index is 0.103. The molecule has 0 atom stereocenters. The number of anilines is 2. The van der Waals surface area contributed by atoms with E-state index in [1.807, 2.05) is 43.3 Å². The molecule has 152 valence electrons. The maximum Gasteiger partial charge on any atom is 0.293 e. The second kappa shape index (κ2) is 7.61. The molecule has 1 N–H and O–H groups in total. The number of carbonyl (C=O) groups excluding carboxylic acids is 1. The van der Waals surface area contributed by atoms with Crippen molar-refractivity contribution in [3.05, 3.63) is 58.9 Å². The van der Waals surface area contributed by atoms with Crippen molar-refractivity contribution < 1.29 is 9.21 Å². The van der Waals surface area contributed by atoms with E-state index in [0.29, 0.717) is 27.6 Å². The number of hydrogen-bond donors (Lipinski definition) is 1. The van der Waals surface area contributed by atoms with Crippen LogP contribution in [0.15, 0.2) is 46.9 Å². The van der Waals surface area contributed by atoms with E-state index in [-0.39, 0.29) is 5.82 Å². The van der Waals surface area contributed by atoms with E-state index in [1.54, 1.807) is 6.07 Å². The lowest BCUT2D eigenvalue weighted by Gasteiger charge is -2.27. The first-order chi connectivity index (χ1) is 14.6. The Hall–Kier alpha value is -3.12. The Morgan fingerprint density at radius 1 is 1.10 bits per heavy atom. The first kappa shape index (κ1) is 18.9. The van der Waals surface area contributed by atoms with Crippen molar-refractivity contribution in [3.8, 4) is 0 Å². The number of hydrogen-bond acceptors (Lipinski definition) is 5. The number of piperidine rings is 1. The number of benzene rings is 2. The standard InChI is InChI=1S/C23H21ClN4O2/c1-14-9-10-17(16(24)13-14)25-23(29)21-26-19-15-7-3-4-8-18(15)30-20(19)22(27-21)28-11-5-2-6-12-28/h3-4,7-10,13H,2,5-6,11-12H2,1H3,(H,25,29). The van der Waals surface area contributed by atoms with Crippen LogP contribution >= 0.6 is 11.6 Å². The van der Waals surface area contributed by atoms with Gasteiger partial charge >= 0.3 is 0 Å².